The van der Waals surface area contributed by atoms with Crippen molar-refractivity contribution < 1.29 is 23.7 Å². The average Bonchev–Trinajstić information content (AvgIpc) is 2.79. The molecule has 4 rings (SSSR count). The van der Waals surface area contributed by atoms with Crippen LogP contribution in [0.2, 0.25) is 0 Å². The molecule has 0 saturated carbocycles. The summed E-state index contributed by atoms with van der Waals surface area (Å²) >= 11 is 0. The number of piperidine rings is 1. The summed E-state index contributed by atoms with van der Waals surface area (Å²) in [7, 11) is 1.66. The summed E-state index contributed by atoms with van der Waals surface area (Å²) in [5.74, 6) is 1.24. The van der Waals surface area contributed by atoms with Crippen LogP contribution in [0.1, 0.15) is 69.1 Å². The zero-order valence-corrected chi connectivity index (χ0v) is 19.4. The standard InChI is InChI=1S/C26H34FNO4/c1-5-18-6-7-19(14-23(18)30-4)25(29)28-12-10-26(11-13-28)16-24(31-17(2)3)21-15-20(27)8-9-22(21)32-26/h6-9,14-15,17,24-25,29H,5,10-13,16H2,1-4H3/t24-,25?/m1/s1. The highest BCUT2D eigenvalue weighted by Crippen LogP contribution is 2.47. The number of fused-ring (bicyclic) bond motifs is 1. The third-order valence-corrected chi connectivity index (χ3v) is 6.68. The Morgan fingerprint density at radius 2 is 1.94 bits per heavy atom. The Morgan fingerprint density at radius 3 is 2.59 bits per heavy atom. The molecule has 0 bridgehead atoms. The van der Waals surface area contributed by atoms with E-state index < -0.39 is 6.23 Å². The number of hydrogen-bond acceptors (Lipinski definition) is 5. The monoisotopic (exact) mass is 443 g/mol. The summed E-state index contributed by atoms with van der Waals surface area (Å²) in [4.78, 5) is 2.08. The molecular weight excluding hydrogens is 409 g/mol. The molecule has 2 aromatic carbocycles. The summed E-state index contributed by atoms with van der Waals surface area (Å²) in [6.45, 7) is 7.48. The van der Waals surface area contributed by atoms with Crippen molar-refractivity contribution in [1.29, 1.82) is 0 Å². The summed E-state index contributed by atoms with van der Waals surface area (Å²) in [6, 6.07) is 10.6. The van der Waals surface area contributed by atoms with Gasteiger partial charge in [-0.2, -0.15) is 0 Å². The van der Waals surface area contributed by atoms with Crippen molar-refractivity contribution in [3.8, 4) is 11.5 Å². The van der Waals surface area contributed by atoms with Gasteiger partial charge in [0, 0.05) is 37.9 Å². The van der Waals surface area contributed by atoms with Gasteiger partial charge in [-0.3, -0.25) is 4.90 Å². The number of ether oxygens (including phenoxy) is 3. The molecule has 2 aliphatic heterocycles. The van der Waals surface area contributed by atoms with Gasteiger partial charge in [0.2, 0.25) is 0 Å². The van der Waals surface area contributed by atoms with Crippen LogP contribution in [0.5, 0.6) is 11.5 Å². The third kappa shape index (κ3) is 4.63. The molecule has 2 aliphatic rings. The first-order chi connectivity index (χ1) is 15.3. The van der Waals surface area contributed by atoms with Crippen LogP contribution in [-0.2, 0) is 11.2 Å². The van der Waals surface area contributed by atoms with E-state index >= 15 is 0 Å². The molecule has 32 heavy (non-hydrogen) atoms. The van der Waals surface area contributed by atoms with Gasteiger partial charge in [0.25, 0.3) is 0 Å². The fraction of sp³-hybridized carbons (Fsp3) is 0.538. The van der Waals surface area contributed by atoms with Crippen LogP contribution in [0.3, 0.4) is 0 Å². The second-order valence-corrected chi connectivity index (χ2v) is 9.18. The van der Waals surface area contributed by atoms with E-state index in [1.54, 1.807) is 13.2 Å². The maximum atomic E-state index is 13.9. The van der Waals surface area contributed by atoms with Gasteiger partial charge in [0.1, 0.15) is 29.1 Å². The molecule has 6 heteroatoms. The predicted octanol–water partition coefficient (Wildman–Crippen LogP) is 5.17. The Labute approximate surface area is 190 Å². The van der Waals surface area contributed by atoms with Crippen LogP contribution in [0.4, 0.5) is 4.39 Å². The SMILES string of the molecule is CCc1ccc(C(O)N2CCC3(CC2)C[C@@H](OC(C)C)c2cc(F)ccc2O3)cc1OC. The Morgan fingerprint density at radius 1 is 1.19 bits per heavy atom. The van der Waals surface area contributed by atoms with E-state index in [-0.39, 0.29) is 23.6 Å². The Kier molecular flexibility index (Phi) is 6.75. The van der Waals surface area contributed by atoms with Crippen LogP contribution in [0, 0.1) is 5.82 Å². The summed E-state index contributed by atoms with van der Waals surface area (Å²) in [5, 5.41) is 11.0. The van der Waals surface area contributed by atoms with E-state index in [4.69, 9.17) is 14.2 Å². The first-order valence-corrected chi connectivity index (χ1v) is 11.6. The maximum absolute atomic E-state index is 13.9. The normalized spacial score (nSPS) is 21.3. The fourth-order valence-electron chi connectivity index (χ4n) is 4.94. The van der Waals surface area contributed by atoms with E-state index in [9.17, 15) is 9.50 Å². The molecule has 2 heterocycles. The number of benzene rings is 2. The molecule has 2 atom stereocenters. The number of likely N-dealkylation sites (tertiary alicyclic amines) is 1. The molecule has 1 saturated heterocycles. The van der Waals surface area contributed by atoms with Gasteiger partial charge in [-0.1, -0.05) is 19.1 Å². The second kappa shape index (κ2) is 9.38. The van der Waals surface area contributed by atoms with Crippen molar-refractivity contribution >= 4 is 0 Å². The number of aliphatic hydroxyl groups is 1. The molecule has 2 aromatic rings. The molecule has 0 aromatic heterocycles. The number of rotatable bonds is 6. The minimum Gasteiger partial charge on any atom is -0.496 e. The van der Waals surface area contributed by atoms with E-state index in [1.807, 2.05) is 32.0 Å². The van der Waals surface area contributed by atoms with E-state index in [0.29, 0.717) is 25.3 Å². The lowest BCUT2D eigenvalue weighted by atomic mass is 9.81. The van der Waals surface area contributed by atoms with Gasteiger partial charge in [-0.15, -0.1) is 0 Å². The quantitative estimate of drug-likeness (QED) is 0.667. The van der Waals surface area contributed by atoms with Gasteiger partial charge in [-0.05, 0) is 55.7 Å². The Bertz CT molecular complexity index is 939. The summed E-state index contributed by atoms with van der Waals surface area (Å²) in [5.41, 5.74) is 2.38. The van der Waals surface area contributed by atoms with Crippen molar-refractivity contribution in [1.82, 2.24) is 4.90 Å². The number of aryl methyl sites for hydroxylation is 1. The largest absolute Gasteiger partial charge is 0.496 e. The molecule has 0 radical (unpaired) electrons. The molecule has 0 amide bonds. The molecule has 1 N–H and O–H groups in total. The molecule has 5 nitrogen and oxygen atoms in total. The molecule has 1 unspecified atom stereocenters. The highest BCUT2D eigenvalue weighted by Gasteiger charge is 2.45. The van der Waals surface area contributed by atoms with Crippen LogP contribution >= 0.6 is 0 Å². The number of aliphatic hydroxyl groups excluding tert-OH is 1. The third-order valence-electron chi connectivity index (χ3n) is 6.68. The molecule has 174 valence electrons. The lowest BCUT2D eigenvalue weighted by Crippen LogP contribution is -2.51. The van der Waals surface area contributed by atoms with Crippen LogP contribution in [0.15, 0.2) is 36.4 Å². The number of hydrogen-bond donors (Lipinski definition) is 1. The minimum absolute atomic E-state index is 0.0363. The highest BCUT2D eigenvalue weighted by atomic mass is 19.1. The molecular formula is C26H34FNO4. The van der Waals surface area contributed by atoms with E-state index in [2.05, 4.69) is 11.8 Å². The highest BCUT2D eigenvalue weighted by molar-refractivity contribution is 5.40. The zero-order chi connectivity index (χ0) is 22.9. The van der Waals surface area contributed by atoms with Crippen molar-refractivity contribution in [3.05, 3.63) is 58.9 Å². The average molecular weight is 444 g/mol. The van der Waals surface area contributed by atoms with E-state index in [1.165, 1.54) is 12.1 Å². The first kappa shape index (κ1) is 23.0. The van der Waals surface area contributed by atoms with Gasteiger partial charge < -0.3 is 19.3 Å². The zero-order valence-electron chi connectivity index (χ0n) is 19.4. The van der Waals surface area contributed by atoms with E-state index in [0.717, 1.165) is 41.7 Å². The smallest absolute Gasteiger partial charge is 0.133 e. The first-order valence-electron chi connectivity index (χ1n) is 11.6. The van der Waals surface area contributed by atoms with Crippen molar-refractivity contribution in [2.45, 2.75) is 70.5 Å². The summed E-state index contributed by atoms with van der Waals surface area (Å²) < 4.78 is 32.0. The molecule has 1 fully saturated rings. The predicted molar refractivity (Wildman–Crippen MR) is 121 cm³/mol. The summed E-state index contributed by atoms with van der Waals surface area (Å²) in [6.07, 6.45) is 2.25. The molecule has 0 aliphatic carbocycles. The number of nitrogens with zero attached hydrogens (tertiary/aromatic N) is 1. The van der Waals surface area contributed by atoms with Gasteiger partial charge >= 0.3 is 0 Å². The van der Waals surface area contributed by atoms with Crippen LogP contribution in [-0.4, -0.2) is 41.9 Å². The van der Waals surface area contributed by atoms with Gasteiger partial charge in [-0.25, -0.2) is 4.39 Å². The van der Waals surface area contributed by atoms with Gasteiger partial charge in [0.05, 0.1) is 19.3 Å². The lowest BCUT2D eigenvalue weighted by Gasteiger charge is -2.47. The molecule has 1 spiro atoms. The maximum Gasteiger partial charge on any atom is 0.133 e. The van der Waals surface area contributed by atoms with Crippen LogP contribution < -0.4 is 9.47 Å². The second-order valence-electron chi connectivity index (χ2n) is 9.18. The minimum atomic E-state index is -0.695. The van der Waals surface area contributed by atoms with Gasteiger partial charge in [0.15, 0.2) is 0 Å². The van der Waals surface area contributed by atoms with Crippen molar-refractivity contribution in [3.63, 3.8) is 0 Å². The lowest BCUT2D eigenvalue weighted by molar-refractivity contribution is -0.109. The Hall–Kier alpha value is -2.15. The Balaban J connectivity index is 1.49. The fourth-order valence-corrected chi connectivity index (χ4v) is 4.94. The topological polar surface area (TPSA) is 51.2 Å². The van der Waals surface area contributed by atoms with Crippen molar-refractivity contribution in [2.24, 2.45) is 0 Å². The van der Waals surface area contributed by atoms with Crippen molar-refractivity contribution in [2.75, 3.05) is 20.2 Å². The van der Waals surface area contributed by atoms with Crippen LogP contribution in [0.25, 0.3) is 0 Å². The number of halogens is 1. The number of methoxy groups -OCH3 is 1.